The van der Waals surface area contributed by atoms with Crippen molar-refractivity contribution in [2.45, 2.75) is 64.5 Å². The number of piperidine rings is 1. The largest absolute Gasteiger partial charge is 0.349 e. The van der Waals surface area contributed by atoms with E-state index < -0.39 is 0 Å². The molecule has 6 nitrogen and oxygen atoms in total. The van der Waals surface area contributed by atoms with E-state index in [9.17, 15) is 9.59 Å². The van der Waals surface area contributed by atoms with Crippen molar-refractivity contribution in [3.8, 4) is 0 Å². The number of benzene rings is 4. The van der Waals surface area contributed by atoms with Crippen molar-refractivity contribution >= 4 is 23.3 Å². The van der Waals surface area contributed by atoms with E-state index in [0.29, 0.717) is 11.3 Å². The molecular weight excluding hydrogens is 544 g/mol. The van der Waals surface area contributed by atoms with Gasteiger partial charge in [-0.05, 0) is 59.1 Å². The zero-order valence-electron chi connectivity index (χ0n) is 26.2. The number of para-hydroxylation sites is 2. The second-order valence-corrected chi connectivity index (χ2v) is 12.3. The molecule has 0 unspecified atom stereocenters. The van der Waals surface area contributed by atoms with Gasteiger partial charge in [0.15, 0.2) is 0 Å². The molecule has 0 spiro atoms. The highest BCUT2D eigenvalue weighted by Gasteiger charge is 2.28. The molecule has 0 aliphatic carbocycles. The summed E-state index contributed by atoms with van der Waals surface area (Å²) in [7, 11) is 0. The number of likely N-dealkylation sites (tertiary alicyclic amines) is 1. The first kappa shape index (κ1) is 31.0. The van der Waals surface area contributed by atoms with Crippen molar-refractivity contribution < 1.29 is 9.59 Å². The van der Waals surface area contributed by atoms with Crippen LogP contribution in [-0.4, -0.2) is 36.0 Å². The monoisotopic (exact) mass is 588 g/mol. The highest BCUT2D eigenvalue weighted by atomic mass is 16.2. The smallest absolute Gasteiger partial charge is 0.323 e. The van der Waals surface area contributed by atoms with Gasteiger partial charge in [0.2, 0.25) is 0 Å². The molecule has 3 N–H and O–H groups in total. The van der Waals surface area contributed by atoms with E-state index in [4.69, 9.17) is 0 Å². The molecule has 0 radical (unpaired) electrons. The van der Waals surface area contributed by atoms with Crippen LogP contribution >= 0.6 is 0 Å². The Balaban J connectivity index is 1.24. The van der Waals surface area contributed by atoms with Gasteiger partial charge in [-0.1, -0.05) is 119 Å². The second-order valence-electron chi connectivity index (χ2n) is 12.3. The molecular formula is C38H44N4O2. The highest BCUT2D eigenvalue weighted by molar-refractivity contribution is 6.07. The van der Waals surface area contributed by atoms with Crippen LogP contribution in [0.2, 0.25) is 0 Å². The Hall–Kier alpha value is -4.42. The van der Waals surface area contributed by atoms with Gasteiger partial charge in [0.05, 0.1) is 17.3 Å². The van der Waals surface area contributed by atoms with Crippen LogP contribution in [0.4, 0.5) is 16.2 Å². The minimum atomic E-state index is -0.360. The van der Waals surface area contributed by atoms with E-state index in [1.54, 1.807) is 12.1 Å². The lowest BCUT2D eigenvalue weighted by Crippen LogP contribution is -2.46. The van der Waals surface area contributed by atoms with Gasteiger partial charge in [-0.3, -0.25) is 9.69 Å². The van der Waals surface area contributed by atoms with Crippen molar-refractivity contribution in [2.75, 3.05) is 23.7 Å². The number of rotatable bonds is 9. The van der Waals surface area contributed by atoms with Crippen LogP contribution in [0.1, 0.15) is 91.0 Å². The first-order valence-corrected chi connectivity index (χ1v) is 15.8. The van der Waals surface area contributed by atoms with E-state index in [-0.39, 0.29) is 35.9 Å². The Morgan fingerprint density at radius 3 is 1.73 bits per heavy atom. The minimum absolute atomic E-state index is 0.0550. The van der Waals surface area contributed by atoms with E-state index in [1.165, 1.54) is 11.1 Å². The van der Waals surface area contributed by atoms with Crippen molar-refractivity contribution in [3.63, 3.8) is 0 Å². The van der Waals surface area contributed by atoms with Crippen molar-refractivity contribution in [1.82, 2.24) is 10.2 Å². The maximum atomic E-state index is 13.5. The van der Waals surface area contributed by atoms with Crippen LogP contribution in [-0.2, 0) is 0 Å². The molecule has 228 valence electrons. The van der Waals surface area contributed by atoms with Crippen molar-refractivity contribution in [2.24, 2.45) is 0 Å². The number of hydrogen-bond acceptors (Lipinski definition) is 3. The molecule has 6 heteroatoms. The zero-order chi connectivity index (χ0) is 31.1. The summed E-state index contributed by atoms with van der Waals surface area (Å²) in [5.41, 5.74) is 6.51. The number of nitrogens with zero attached hydrogens (tertiary/aromatic N) is 1. The Labute approximate surface area is 261 Å². The number of hydrogen-bond donors (Lipinski definition) is 3. The van der Waals surface area contributed by atoms with Crippen LogP contribution in [0, 0.1) is 0 Å². The molecule has 0 saturated carbocycles. The molecule has 4 aromatic carbocycles. The maximum absolute atomic E-state index is 13.5. The fourth-order valence-corrected chi connectivity index (χ4v) is 6.20. The van der Waals surface area contributed by atoms with Crippen LogP contribution in [0.15, 0.2) is 103 Å². The predicted molar refractivity (Wildman–Crippen MR) is 180 cm³/mol. The summed E-state index contributed by atoms with van der Waals surface area (Å²) in [6.45, 7) is 10.2. The molecule has 0 atom stereocenters. The summed E-state index contributed by atoms with van der Waals surface area (Å²) in [6, 6.07) is 34.5. The Bertz CT molecular complexity index is 1480. The fraction of sp³-hybridized carbons (Fsp3) is 0.316. The topological polar surface area (TPSA) is 73.5 Å². The lowest BCUT2D eigenvalue weighted by molar-refractivity contribution is 0.0901. The van der Waals surface area contributed by atoms with Gasteiger partial charge >= 0.3 is 6.03 Å². The number of carbonyl (C=O) groups excluding carboxylic acids is 2. The van der Waals surface area contributed by atoms with Gasteiger partial charge in [0.1, 0.15) is 0 Å². The van der Waals surface area contributed by atoms with Crippen LogP contribution in [0.5, 0.6) is 0 Å². The quantitative estimate of drug-likeness (QED) is 0.183. The minimum Gasteiger partial charge on any atom is -0.349 e. The van der Waals surface area contributed by atoms with Gasteiger partial charge < -0.3 is 16.0 Å². The molecule has 44 heavy (non-hydrogen) atoms. The molecule has 1 fully saturated rings. The summed E-state index contributed by atoms with van der Waals surface area (Å²) in [5.74, 6) is 0.334. The number of urea groups is 1. The number of nitrogens with one attached hydrogen (secondary N) is 3. The molecule has 0 aromatic heterocycles. The number of carbonyl (C=O) groups is 2. The SMILES string of the molecule is CC(C)c1cccc(C(C)C)c1NC(=O)Nc1ccccc1C(=O)NC1CCN(C(c2ccccc2)c2ccccc2)CC1. The van der Waals surface area contributed by atoms with Gasteiger partial charge in [-0.15, -0.1) is 0 Å². The third kappa shape index (κ3) is 7.37. The standard InChI is InChI=1S/C38H44N4O2/c1-26(2)31-19-13-20-32(27(3)4)35(31)41-38(44)40-34-21-12-11-18-33(34)37(43)39-30-22-24-42(25-23-30)36(28-14-7-5-8-15-28)29-16-9-6-10-17-29/h5-21,26-27,30,36H,22-25H2,1-4H3,(H,39,43)(H2,40,41,44). The zero-order valence-corrected chi connectivity index (χ0v) is 26.2. The predicted octanol–water partition coefficient (Wildman–Crippen LogP) is 8.56. The van der Waals surface area contributed by atoms with E-state index in [2.05, 4.69) is 121 Å². The molecule has 1 aliphatic rings. The van der Waals surface area contributed by atoms with Crippen LogP contribution < -0.4 is 16.0 Å². The second kappa shape index (κ2) is 14.4. The first-order valence-electron chi connectivity index (χ1n) is 15.8. The van der Waals surface area contributed by atoms with Crippen molar-refractivity contribution in [3.05, 3.63) is 131 Å². The highest BCUT2D eigenvalue weighted by Crippen LogP contribution is 2.33. The first-order chi connectivity index (χ1) is 21.3. The van der Waals surface area contributed by atoms with Crippen LogP contribution in [0.3, 0.4) is 0 Å². The summed E-state index contributed by atoms with van der Waals surface area (Å²) < 4.78 is 0. The summed E-state index contributed by atoms with van der Waals surface area (Å²) >= 11 is 0. The molecule has 1 saturated heterocycles. The lowest BCUT2D eigenvalue weighted by atomic mass is 9.93. The van der Waals surface area contributed by atoms with Gasteiger partial charge in [-0.2, -0.15) is 0 Å². The lowest BCUT2D eigenvalue weighted by Gasteiger charge is -2.38. The maximum Gasteiger partial charge on any atom is 0.323 e. The fourth-order valence-electron chi connectivity index (χ4n) is 6.20. The molecule has 1 aliphatic heterocycles. The number of anilines is 2. The molecule has 5 rings (SSSR count). The van der Waals surface area contributed by atoms with Gasteiger partial charge in [0.25, 0.3) is 5.91 Å². The normalized spacial score (nSPS) is 14.2. The Kier molecular flexibility index (Phi) is 10.1. The summed E-state index contributed by atoms with van der Waals surface area (Å²) in [6.07, 6.45) is 1.70. The number of amides is 3. The average Bonchev–Trinajstić information content (AvgIpc) is 3.03. The third-order valence-electron chi connectivity index (χ3n) is 8.49. The summed E-state index contributed by atoms with van der Waals surface area (Å²) in [5, 5.41) is 9.29. The van der Waals surface area contributed by atoms with Crippen molar-refractivity contribution in [1.29, 1.82) is 0 Å². The molecule has 4 aromatic rings. The summed E-state index contributed by atoms with van der Waals surface area (Å²) in [4.78, 5) is 29.3. The van der Waals surface area contributed by atoms with E-state index >= 15 is 0 Å². The Morgan fingerprint density at radius 1 is 0.659 bits per heavy atom. The average molecular weight is 589 g/mol. The third-order valence-corrected chi connectivity index (χ3v) is 8.49. The molecule has 3 amide bonds. The van der Waals surface area contributed by atoms with Crippen LogP contribution in [0.25, 0.3) is 0 Å². The van der Waals surface area contributed by atoms with Gasteiger partial charge in [-0.25, -0.2) is 4.79 Å². The van der Waals surface area contributed by atoms with E-state index in [1.807, 2.05) is 18.2 Å². The molecule has 0 bridgehead atoms. The van der Waals surface area contributed by atoms with E-state index in [0.717, 1.165) is 42.7 Å². The van der Waals surface area contributed by atoms with Gasteiger partial charge in [0, 0.05) is 24.8 Å². The molecule has 1 heterocycles. The Morgan fingerprint density at radius 2 is 1.18 bits per heavy atom.